The van der Waals surface area contributed by atoms with Crippen LogP contribution in [0.15, 0.2) is 22.7 Å². The molecule has 0 spiro atoms. The Morgan fingerprint density at radius 2 is 2.00 bits per heavy atom. The van der Waals surface area contributed by atoms with Crippen LogP contribution in [0, 0.1) is 11.3 Å². The van der Waals surface area contributed by atoms with Gasteiger partial charge in [0.2, 0.25) is 0 Å². The molecule has 0 aliphatic rings. The predicted molar refractivity (Wildman–Crippen MR) is 52.8 cm³/mol. The third kappa shape index (κ3) is 2.35. The van der Waals surface area contributed by atoms with Crippen molar-refractivity contribution in [3.05, 3.63) is 33.8 Å². The van der Waals surface area contributed by atoms with Crippen molar-refractivity contribution in [2.45, 2.75) is 19.8 Å². The molecule has 0 saturated heterocycles. The first-order valence-corrected chi connectivity index (χ1v) is 4.71. The molecule has 0 fully saturated rings. The third-order valence-corrected chi connectivity index (χ3v) is 2.17. The molecular weight excluding hydrogens is 214 g/mol. The summed E-state index contributed by atoms with van der Waals surface area (Å²) in [6.45, 7) is 2.11. The maximum Gasteiger partial charge on any atom is 0.0669 e. The monoisotopic (exact) mass is 223 g/mol. The first-order valence-electron chi connectivity index (χ1n) is 3.91. The summed E-state index contributed by atoms with van der Waals surface area (Å²) in [5, 5.41) is 8.51. The molecule has 1 aromatic rings. The SMILES string of the molecule is CCc1cc(Br)cc(CC#N)c1. The second-order valence-electron chi connectivity index (χ2n) is 2.66. The van der Waals surface area contributed by atoms with Crippen LogP contribution in [0.5, 0.6) is 0 Å². The minimum Gasteiger partial charge on any atom is -0.198 e. The molecule has 0 N–H and O–H groups in total. The van der Waals surface area contributed by atoms with Gasteiger partial charge < -0.3 is 0 Å². The molecule has 12 heavy (non-hydrogen) atoms. The van der Waals surface area contributed by atoms with E-state index < -0.39 is 0 Å². The van der Waals surface area contributed by atoms with Gasteiger partial charge in [0.1, 0.15) is 0 Å². The first kappa shape index (κ1) is 9.28. The van der Waals surface area contributed by atoms with Gasteiger partial charge in [0.25, 0.3) is 0 Å². The van der Waals surface area contributed by atoms with Crippen molar-refractivity contribution in [2.75, 3.05) is 0 Å². The predicted octanol–water partition coefficient (Wildman–Crippen LogP) is 3.08. The van der Waals surface area contributed by atoms with E-state index in [2.05, 4.69) is 41.1 Å². The topological polar surface area (TPSA) is 23.8 Å². The number of rotatable bonds is 2. The van der Waals surface area contributed by atoms with E-state index in [-0.39, 0.29) is 0 Å². The van der Waals surface area contributed by atoms with Crippen molar-refractivity contribution < 1.29 is 0 Å². The summed E-state index contributed by atoms with van der Waals surface area (Å²) in [6, 6.07) is 8.29. The van der Waals surface area contributed by atoms with E-state index >= 15 is 0 Å². The van der Waals surface area contributed by atoms with Crippen LogP contribution in [0.3, 0.4) is 0 Å². The fourth-order valence-corrected chi connectivity index (χ4v) is 1.70. The summed E-state index contributed by atoms with van der Waals surface area (Å²) in [7, 11) is 0. The summed E-state index contributed by atoms with van der Waals surface area (Å²) < 4.78 is 1.06. The summed E-state index contributed by atoms with van der Waals surface area (Å²) in [5.74, 6) is 0. The second kappa shape index (κ2) is 4.27. The van der Waals surface area contributed by atoms with Gasteiger partial charge in [-0.05, 0) is 29.7 Å². The van der Waals surface area contributed by atoms with Crippen LogP contribution in [0.4, 0.5) is 0 Å². The zero-order valence-electron chi connectivity index (χ0n) is 6.97. The van der Waals surface area contributed by atoms with Crippen molar-refractivity contribution in [3.63, 3.8) is 0 Å². The summed E-state index contributed by atoms with van der Waals surface area (Å²) in [6.07, 6.45) is 1.50. The Morgan fingerprint density at radius 3 is 2.58 bits per heavy atom. The molecule has 0 bridgehead atoms. The van der Waals surface area contributed by atoms with Gasteiger partial charge in [0.15, 0.2) is 0 Å². The van der Waals surface area contributed by atoms with Gasteiger partial charge in [-0.1, -0.05) is 28.9 Å². The smallest absolute Gasteiger partial charge is 0.0669 e. The highest BCUT2D eigenvalue weighted by atomic mass is 79.9. The van der Waals surface area contributed by atoms with Crippen LogP contribution in [0.25, 0.3) is 0 Å². The summed E-state index contributed by atoms with van der Waals surface area (Å²) >= 11 is 3.41. The van der Waals surface area contributed by atoms with Crippen molar-refractivity contribution in [1.29, 1.82) is 5.26 Å². The Labute approximate surface area is 81.2 Å². The first-order chi connectivity index (χ1) is 5.76. The summed E-state index contributed by atoms with van der Waals surface area (Å²) in [4.78, 5) is 0. The highest BCUT2D eigenvalue weighted by Gasteiger charge is 1.96. The van der Waals surface area contributed by atoms with E-state index in [1.807, 2.05) is 6.07 Å². The molecule has 1 nitrogen and oxygen atoms in total. The van der Waals surface area contributed by atoms with Gasteiger partial charge in [-0.15, -0.1) is 0 Å². The standard InChI is InChI=1S/C10H10BrN/c1-2-8-5-9(3-4-12)7-10(11)6-8/h5-7H,2-3H2,1H3. The minimum absolute atomic E-state index is 0.492. The molecular formula is C10H10BrN. The molecule has 0 unspecified atom stereocenters. The second-order valence-corrected chi connectivity index (χ2v) is 3.57. The molecule has 0 amide bonds. The van der Waals surface area contributed by atoms with Gasteiger partial charge in [0, 0.05) is 4.47 Å². The Kier molecular flexibility index (Phi) is 3.31. The maximum atomic E-state index is 8.51. The maximum absolute atomic E-state index is 8.51. The molecule has 0 saturated carbocycles. The number of benzene rings is 1. The van der Waals surface area contributed by atoms with E-state index in [4.69, 9.17) is 5.26 Å². The van der Waals surface area contributed by atoms with Crippen molar-refractivity contribution >= 4 is 15.9 Å². The summed E-state index contributed by atoms with van der Waals surface area (Å²) in [5.41, 5.74) is 2.36. The lowest BCUT2D eigenvalue weighted by atomic mass is 10.1. The van der Waals surface area contributed by atoms with Crippen LogP contribution in [-0.2, 0) is 12.8 Å². The fraction of sp³-hybridized carbons (Fsp3) is 0.300. The van der Waals surface area contributed by atoms with Gasteiger partial charge >= 0.3 is 0 Å². The van der Waals surface area contributed by atoms with Gasteiger partial charge in [-0.25, -0.2) is 0 Å². The quantitative estimate of drug-likeness (QED) is 0.757. The van der Waals surface area contributed by atoms with E-state index in [0.29, 0.717) is 6.42 Å². The molecule has 1 aromatic carbocycles. The fourth-order valence-electron chi connectivity index (χ4n) is 1.11. The molecule has 0 aromatic heterocycles. The van der Waals surface area contributed by atoms with Crippen molar-refractivity contribution in [3.8, 4) is 6.07 Å². The minimum atomic E-state index is 0.492. The average molecular weight is 224 g/mol. The molecule has 1 rings (SSSR count). The van der Waals surface area contributed by atoms with Crippen LogP contribution in [0.1, 0.15) is 18.1 Å². The normalized spacial score (nSPS) is 9.42. The Hall–Kier alpha value is -0.810. The Bertz CT molecular complexity index is 312. The van der Waals surface area contributed by atoms with Gasteiger partial charge in [-0.3, -0.25) is 0 Å². The Morgan fingerprint density at radius 1 is 1.33 bits per heavy atom. The van der Waals surface area contributed by atoms with Crippen LogP contribution in [0.2, 0.25) is 0 Å². The molecule has 0 atom stereocenters. The lowest BCUT2D eigenvalue weighted by Gasteiger charge is -2.01. The molecule has 0 aliphatic carbocycles. The zero-order valence-corrected chi connectivity index (χ0v) is 8.56. The molecule has 62 valence electrons. The van der Waals surface area contributed by atoms with E-state index in [9.17, 15) is 0 Å². The highest BCUT2D eigenvalue weighted by Crippen LogP contribution is 2.16. The number of nitrogens with zero attached hydrogens (tertiary/aromatic N) is 1. The van der Waals surface area contributed by atoms with E-state index in [0.717, 1.165) is 16.5 Å². The molecule has 2 heteroatoms. The Balaban J connectivity index is 2.99. The number of aryl methyl sites for hydroxylation is 1. The molecule has 0 radical (unpaired) electrons. The number of hydrogen-bond acceptors (Lipinski definition) is 1. The molecule has 0 heterocycles. The van der Waals surface area contributed by atoms with Crippen LogP contribution < -0.4 is 0 Å². The van der Waals surface area contributed by atoms with Gasteiger partial charge in [-0.2, -0.15) is 5.26 Å². The van der Waals surface area contributed by atoms with Crippen molar-refractivity contribution in [1.82, 2.24) is 0 Å². The van der Waals surface area contributed by atoms with Crippen molar-refractivity contribution in [2.24, 2.45) is 0 Å². The number of halogens is 1. The number of hydrogen-bond donors (Lipinski definition) is 0. The average Bonchev–Trinajstić information content (AvgIpc) is 2.04. The highest BCUT2D eigenvalue weighted by molar-refractivity contribution is 9.10. The number of nitriles is 1. The zero-order chi connectivity index (χ0) is 8.97. The van der Waals surface area contributed by atoms with E-state index in [1.54, 1.807) is 0 Å². The lowest BCUT2D eigenvalue weighted by Crippen LogP contribution is -1.86. The van der Waals surface area contributed by atoms with Crippen LogP contribution >= 0.6 is 15.9 Å². The molecule has 0 aliphatic heterocycles. The largest absolute Gasteiger partial charge is 0.198 e. The van der Waals surface area contributed by atoms with E-state index in [1.165, 1.54) is 5.56 Å². The lowest BCUT2D eigenvalue weighted by molar-refractivity contribution is 1.11. The van der Waals surface area contributed by atoms with Gasteiger partial charge in [0.05, 0.1) is 12.5 Å². The van der Waals surface area contributed by atoms with Crippen LogP contribution in [-0.4, -0.2) is 0 Å². The third-order valence-electron chi connectivity index (χ3n) is 1.71.